The summed E-state index contributed by atoms with van der Waals surface area (Å²) in [5.41, 5.74) is 3.52. The predicted octanol–water partition coefficient (Wildman–Crippen LogP) is 3.68. The number of fused-ring (bicyclic) bond motifs is 2. The van der Waals surface area contributed by atoms with Crippen molar-refractivity contribution in [1.82, 2.24) is 19.8 Å². The average molecular weight is 529 g/mol. The number of hydrogen-bond acceptors (Lipinski definition) is 8. The minimum atomic E-state index is -0.627. The summed E-state index contributed by atoms with van der Waals surface area (Å²) < 4.78 is 6.30. The van der Waals surface area contributed by atoms with E-state index in [1.807, 2.05) is 0 Å². The highest BCUT2D eigenvalue weighted by Gasteiger charge is 2.32. The molecule has 0 bridgehead atoms. The fourth-order valence-electron chi connectivity index (χ4n) is 6.46. The maximum absolute atomic E-state index is 10.4. The SMILES string of the molecule is C=CC(O)N1CCN(c2nc(OC[C@@H]3CCCN3C)nc3c2CCN(c2cccc4ccccc24)C3)C[C@H]1C. The second kappa shape index (κ2) is 11.1. The number of aliphatic hydroxyl groups excluding tert-OH is 1. The van der Waals surface area contributed by atoms with Gasteiger partial charge in [0.05, 0.1) is 12.2 Å². The molecule has 8 heteroatoms. The van der Waals surface area contributed by atoms with Crippen LogP contribution in [0.15, 0.2) is 55.1 Å². The molecule has 2 fully saturated rings. The number of piperazine rings is 1. The maximum Gasteiger partial charge on any atom is 0.318 e. The smallest absolute Gasteiger partial charge is 0.318 e. The molecule has 2 saturated heterocycles. The molecule has 3 aliphatic rings. The van der Waals surface area contributed by atoms with E-state index < -0.39 is 6.23 Å². The molecule has 2 aromatic carbocycles. The van der Waals surface area contributed by atoms with Gasteiger partial charge in [0.1, 0.15) is 18.7 Å². The first-order chi connectivity index (χ1) is 19.0. The molecule has 39 heavy (non-hydrogen) atoms. The molecule has 206 valence electrons. The van der Waals surface area contributed by atoms with Gasteiger partial charge in [-0.1, -0.05) is 43.0 Å². The third kappa shape index (κ3) is 5.21. The van der Waals surface area contributed by atoms with Crippen LogP contribution >= 0.6 is 0 Å². The van der Waals surface area contributed by atoms with Gasteiger partial charge < -0.3 is 24.5 Å². The molecule has 0 spiro atoms. The van der Waals surface area contributed by atoms with Gasteiger partial charge >= 0.3 is 6.01 Å². The number of benzene rings is 2. The van der Waals surface area contributed by atoms with Crippen molar-refractivity contribution in [1.29, 1.82) is 0 Å². The standard InChI is InChI=1S/C31H40N6O2/c1-4-29(38)37-18-17-36(19-22(37)2)30-26-14-16-35(28-13-7-10-23-9-5-6-12-25(23)28)20-27(26)32-31(33-30)39-21-24-11-8-15-34(24)3/h4-7,9-10,12-13,22,24,29,38H,1,8,11,14-21H2,2-3H3/t22-,24+,29?/m1/s1. The van der Waals surface area contributed by atoms with Crippen LogP contribution in [0.2, 0.25) is 0 Å². The fraction of sp³-hybridized carbons (Fsp3) is 0.484. The van der Waals surface area contributed by atoms with E-state index >= 15 is 0 Å². The van der Waals surface area contributed by atoms with Crippen molar-refractivity contribution in [2.75, 3.05) is 56.2 Å². The van der Waals surface area contributed by atoms with E-state index in [0.29, 0.717) is 18.7 Å². The van der Waals surface area contributed by atoms with E-state index in [9.17, 15) is 5.11 Å². The first kappa shape index (κ1) is 26.0. The van der Waals surface area contributed by atoms with Crippen LogP contribution < -0.4 is 14.5 Å². The summed E-state index contributed by atoms with van der Waals surface area (Å²) in [6.07, 6.45) is 4.21. The summed E-state index contributed by atoms with van der Waals surface area (Å²) in [5.74, 6) is 0.993. The summed E-state index contributed by atoms with van der Waals surface area (Å²) in [5, 5.41) is 12.9. The largest absolute Gasteiger partial charge is 0.462 e. The van der Waals surface area contributed by atoms with E-state index in [-0.39, 0.29) is 6.04 Å². The first-order valence-corrected chi connectivity index (χ1v) is 14.3. The molecule has 0 aliphatic carbocycles. The number of likely N-dealkylation sites (tertiary alicyclic amines) is 1. The van der Waals surface area contributed by atoms with E-state index in [0.717, 1.165) is 63.6 Å². The number of aliphatic hydroxyl groups is 1. The highest BCUT2D eigenvalue weighted by Crippen LogP contribution is 2.35. The zero-order valence-corrected chi connectivity index (χ0v) is 23.2. The maximum atomic E-state index is 10.4. The highest BCUT2D eigenvalue weighted by atomic mass is 16.5. The van der Waals surface area contributed by atoms with E-state index in [1.54, 1.807) is 6.08 Å². The van der Waals surface area contributed by atoms with Gasteiger partial charge in [-0.25, -0.2) is 0 Å². The summed E-state index contributed by atoms with van der Waals surface area (Å²) in [4.78, 5) is 19.3. The van der Waals surface area contributed by atoms with Gasteiger partial charge in [-0.3, -0.25) is 4.90 Å². The number of aromatic nitrogens is 2. The number of hydrogen-bond donors (Lipinski definition) is 1. The van der Waals surface area contributed by atoms with Crippen molar-refractivity contribution in [3.63, 3.8) is 0 Å². The fourth-order valence-corrected chi connectivity index (χ4v) is 6.46. The summed E-state index contributed by atoms with van der Waals surface area (Å²) in [6.45, 7) is 11.6. The summed E-state index contributed by atoms with van der Waals surface area (Å²) in [6, 6.07) is 16.2. The first-order valence-electron chi connectivity index (χ1n) is 14.3. The molecule has 4 heterocycles. The molecule has 3 aromatic rings. The quantitative estimate of drug-likeness (QED) is 0.466. The molecule has 0 saturated carbocycles. The zero-order chi connectivity index (χ0) is 26.9. The highest BCUT2D eigenvalue weighted by molar-refractivity contribution is 5.94. The Balaban J connectivity index is 1.31. The van der Waals surface area contributed by atoms with Crippen molar-refractivity contribution in [2.24, 2.45) is 0 Å². The molecule has 6 rings (SSSR count). The Kier molecular flexibility index (Phi) is 7.42. The van der Waals surface area contributed by atoms with Crippen LogP contribution in [-0.4, -0.2) is 89.6 Å². The third-order valence-electron chi connectivity index (χ3n) is 8.74. The van der Waals surface area contributed by atoms with Gasteiger partial charge in [-0.05, 0) is 57.3 Å². The lowest BCUT2D eigenvalue weighted by Crippen LogP contribution is -2.55. The Bertz CT molecular complexity index is 1330. The normalized spacial score (nSPS) is 23.2. The molecule has 8 nitrogen and oxygen atoms in total. The van der Waals surface area contributed by atoms with E-state index in [2.05, 4.69) is 82.6 Å². The lowest BCUT2D eigenvalue weighted by atomic mass is 10.0. The molecule has 1 aromatic heterocycles. The van der Waals surface area contributed by atoms with Crippen molar-refractivity contribution < 1.29 is 9.84 Å². The van der Waals surface area contributed by atoms with Crippen molar-refractivity contribution in [3.8, 4) is 6.01 Å². The summed E-state index contributed by atoms with van der Waals surface area (Å²) in [7, 11) is 2.17. The van der Waals surface area contributed by atoms with Gasteiger partial charge in [0.2, 0.25) is 0 Å². The molecule has 3 aliphatic heterocycles. The molecular formula is C31H40N6O2. The van der Waals surface area contributed by atoms with Crippen LogP contribution in [0, 0.1) is 0 Å². The number of ether oxygens (including phenoxy) is 1. The number of anilines is 2. The lowest BCUT2D eigenvalue weighted by molar-refractivity contribution is 0.00856. The minimum absolute atomic E-state index is 0.171. The van der Waals surface area contributed by atoms with Gasteiger partial charge in [-0.15, -0.1) is 0 Å². The van der Waals surface area contributed by atoms with Crippen LogP contribution in [0.5, 0.6) is 6.01 Å². The zero-order valence-electron chi connectivity index (χ0n) is 23.2. The average Bonchev–Trinajstić information content (AvgIpc) is 3.38. The van der Waals surface area contributed by atoms with E-state index in [4.69, 9.17) is 14.7 Å². The van der Waals surface area contributed by atoms with Crippen LogP contribution in [0.1, 0.15) is 31.0 Å². The van der Waals surface area contributed by atoms with Crippen molar-refractivity contribution >= 4 is 22.3 Å². The number of rotatable bonds is 7. The number of nitrogens with zero attached hydrogens (tertiary/aromatic N) is 6. The molecule has 1 unspecified atom stereocenters. The minimum Gasteiger partial charge on any atom is -0.462 e. The van der Waals surface area contributed by atoms with Crippen LogP contribution in [0.3, 0.4) is 0 Å². The van der Waals surface area contributed by atoms with Crippen molar-refractivity contribution in [2.45, 2.75) is 51.0 Å². The monoisotopic (exact) mass is 528 g/mol. The lowest BCUT2D eigenvalue weighted by Gasteiger charge is -2.43. The Labute approximate surface area is 231 Å². The molecule has 0 amide bonds. The Morgan fingerprint density at radius 2 is 1.92 bits per heavy atom. The van der Waals surface area contributed by atoms with Gasteiger partial charge in [0, 0.05) is 54.9 Å². The second-order valence-corrected chi connectivity index (χ2v) is 11.2. The molecule has 0 radical (unpaired) electrons. The summed E-state index contributed by atoms with van der Waals surface area (Å²) >= 11 is 0. The van der Waals surface area contributed by atoms with Crippen molar-refractivity contribution in [3.05, 3.63) is 66.4 Å². The second-order valence-electron chi connectivity index (χ2n) is 11.2. The topological polar surface area (TPSA) is 68.2 Å². The van der Waals surface area contributed by atoms with E-state index in [1.165, 1.54) is 28.4 Å². The van der Waals surface area contributed by atoms with Gasteiger partial charge in [0.25, 0.3) is 0 Å². The Hall–Kier alpha value is -3.20. The molecular weight excluding hydrogens is 488 g/mol. The van der Waals surface area contributed by atoms with Gasteiger partial charge in [-0.2, -0.15) is 9.97 Å². The van der Waals surface area contributed by atoms with Crippen LogP contribution in [-0.2, 0) is 13.0 Å². The Morgan fingerprint density at radius 3 is 2.72 bits per heavy atom. The predicted molar refractivity (Wildman–Crippen MR) is 156 cm³/mol. The van der Waals surface area contributed by atoms with Crippen LogP contribution in [0.4, 0.5) is 11.5 Å². The Morgan fingerprint density at radius 1 is 1.08 bits per heavy atom. The molecule has 3 atom stereocenters. The molecule has 1 N–H and O–H groups in total. The van der Waals surface area contributed by atoms with Gasteiger partial charge in [0.15, 0.2) is 0 Å². The van der Waals surface area contributed by atoms with Crippen LogP contribution in [0.25, 0.3) is 10.8 Å². The number of likely N-dealkylation sites (N-methyl/N-ethyl adjacent to an activating group) is 1. The third-order valence-corrected chi connectivity index (χ3v) is 8.74.